The highest BCUT2D eigenvalue weighted by molar-refractivity contribution is 9.10. The van der Waals surface area contributed by atoms with Gasteiger partial charge in [0.15, 0.2) is 17.5 Å². The summed E-state index contributed by atoms with van der Waals surface area (Å²) in [5, 5.41) is 0. The Hall–Kier alpha value is -2.36. The number of thioether (sulfide) groups is 1. The number of rotatable bonds is 11. The van der Waals surface area contributed by atoms with Crippen molar-refractivity contribution in [2.24, 2.45) is 0 Å². The lowest BCUT2D eigenvalue weighted by Crippen LogP contribution is -2.38. The Morgan fingerprint density at radius 1 is 1.20 bits per heavy atom. The predicted molar refractivity (Wildman–Crippen MR) is 147 cm³/mol. The number of carbonyl (C=O) groups is 2. The largest absolute Gasteiger partial charge is 0.493 e. The van der Waals surface area contributed by atoms with Crippen molar-refractivity contribution in [3.8, 4) is 11.5 Å². The Kier molecular flexibility index (Phi) is 10.2. The normalized spacial score (nSPS) is 15.4. The zero-order valence-corrected chi connectivity index (χ0v) is 23.1. The summed E-state index contributed by atoms with van der Waals surface area (Å²) in [6, 6.07) is 11.8. The molecule has 0 N–H and O–H groups in total. The van der Waals surface area contributed by atoms with Crippen LogP contribution in [0.1, 0.15) is 50.3 Å². The van der Waals surface area contributed by atoms with Gasteiger partial charge in [-0.1, -0.05) is 74.1 Å². The van der Waals surface area contributed by atoms with E-state index in [2.05, 4.69) is 22.9 Å². The van der Waals surface area contributed by atoms with Gasteiger partial charge in [0.1, 0.15) is 4.32 Å². The van der Waals surface area contributed by atoms with Crippen LogP contribution in [0, 0.1) is 0 Å². The molecule has 0 bridgehead atoms. The first-order valence-electron chi connectivity index (χ1n) is 11.4. The lowest BCUT2D eigenvalue weighted by molar-refractivity contribution is -0.151. The average molecular weight is 579 g/mol. The van der Waals surface area contributed by atoms with Gasteiger partial charge in [-0.25, -0.2) is 4.79 Å². The highest BCUT2D eigenvalue weighted by atomic mass is 79.9. The second kappa shape index (κ2) is 13.1. The first kappa shape index (κ1) is 27.2. The van der Waals surface area contributed by atoms with Crippen molar-refractivity contribution in [3.63, 3.8) is 0 Å². The van der Waals surface area contributed by atoms with E-state index in [9.17, 15) is 9.59 Å². The fourth-order valence-electron chi connectivity index (χ4n) is 3.59. The molecule has 35 heavy (non-hydrogen) atoms. The van der Waals surface area contributed by atoms with Crippen molar-refractivity contribution >= 4 is 62.2 Å². The number of methoxy groups -OCH3 is 1. The van der Waals surface area contributed by atoms with E-state index in [1.165, 1.54) is 4.90 Å². The molecule has 0 saturated carbocycles. The molecule has 3 rings (SSSR count). The van der Waals surface area contributed by atoms with Crippen LogP contribution in [-0.4, -0.2) is 41.4 Å². The smallest absolute Gasteiger partial charge is 0.333 e. The fraction of sp³-hybridized carbons (Fsp3) is 0.346. The Morgan fingerprint density at radius 3 is 2.60 bits per heavy atom. The number of nitrogens with zero attached hydrogens (tertiary/aromatic N) is 1. The van der Waals surface area contributed by atoms with E-state index in [0.29, 0.717) is 32.9 Å². The third kappa shape index (κ3) is 6.65. The monoisotopic (exact) mass is 577 g/mol. The zero-order chi connectivity index (χ0) is 25.4. The van der Waals surface area contributed by atoms with Crippen molar-refractivity contribution in [2.45, 2.75) is 39.2 Å². The number of hydrogen-bond acceptors (Lipinski definition) is 7. The molecule has 1 aliphatic rings. The molecule has 1 amide bonds. The van der Waals surface area contributed by atoms with E-state index in [-0.39, 0.29) is 12.5 Å². The van der Waals surface area contributed by atoms with Gasteiger partial charge in [0.2, 0.25) is 0 Å². The number of benzene rings is 2. The van der Waals surface area contributed by atoms with E-state index < -0.39 is 12.0 Å². The van der Waals surface area contributed by atoms with Crippen LogP contribution in [-0.2, 0) is 14.3 Å². The van der Waals surface area contributed by atoms with Gasteiger partial charge in [-0.15, -0.1) is 0 Å². The number of ether oxygens (including phenoxy) is 3. The highest BCUT2D eigenvalue weighted by Gasteiger charge is 2.42. The minimum Gasteiger partial charge on any atom is -0.493 e. The van der Waals surface area contributed by atoms with Gasteiger partial charge < -0.3 is 14.2 Å². The summed E-state index contributed by atoms with van der Waals surface area (Å²) in [5.41, 5.74) is 1.38. The number of amides is 1. The van der Waals surface area contributed by atoms with Crippen molar-refractivity contribution in [1.82, 2.24) is 4.90 Å². The topological polar surface area (TPSA) is 65.1 Å². The number of halogens is 1. The molecule has 6 nitrogen and oxygen atoms in total. The van der Waals surface area contributed by atoms with Gasteiger partial charge in [0.25, 0.3) is 5.91 Å². The Morgan fingerprint density at radius 2 is 1.94 bits per heavy atom. The molecular formula is C26H28BrNO5S2. The third-order valence-corrected chi connectivity index (χ3v) is 7.17. The molecule has 0 spiro atoms. The number of unbranched alkanes of at least 4 members (excludes halogenated alkanes) is 2. The van der Waals surface area contributed by atoms with Crippen LogP contribution in [0.5, 0.6) is 11.5 Å². The summed E-state index contributed by atoms with van der Waals surface area (Å²) in [7, 11) is 1.58. The second-order valence-corrected chi connectivity index (χ2v) is 10.2. The molecule has 1 saturated heterocycles. The van der Waals surface area contributed by atoms with Gasteiger partial charge >= 0.3 is 5.97 Å². The zero-order valence-electron chi connectivity index (χ0n) is 19.9. The van der Waals surface area contributed by atoms with Crippen LogP contribution in [0.25, 0.3) is 6.08 Å². The number of carbonyl (C=O) groups excluding carboxylic acids is 2. The van der Waals surface area contributed by atoms with E-state index in [1.54, 1.807) is 32.2 Å². The van der Waals surface area contributed by atoms with Gasteiger partial charge in [0.05, 0.1) is 29.7 Å². The SMILES string of the molecule is CCCCCOc1c(Br)cc(/C=C2\SC(=S)N(C(C(=O)OCC)c3ccccc3)C2=O)cc1OC. The van der Waals surface area contributed by atoms with Crippen molar-refractivity contribution < 1.29 is 23.8 Å². The first-order valence-corrected chi connectivity index (χ1v) is 13.4. The number of esters is 1. The molecule has 2 aromatic carbocycles. The molecule has 0 radical (unpaired) electrons. The molecule has 1 fully saturated rings. The summed E-state index contributed by atoms with van der Waals surface area (Å²) in [6.07, 6.45) is 4.90. The fourth-order valence-corrected chi connectivity index (χ4v) is 5.48. The summed E-state index contributed by atoms with van der Waals surface area (Å²) >= 11 is 10.2. The molecule has 0 aromatic heterocycles. The lowest BCUT2D eigenvalue weighted by atomic mass is 10.1. The summed E-state index contributed by atoms with van der Waals surface area (Å²) in [4.78, 5) is 28.0. The molecule has 9 heteroatoms. The van der Waals surface area contributed by atoms with Gasteiger partial charge in [0, 0.05) is 0 Å². The van der Waals surface area contributed by atoms with Crippen molar-refractivity contribution in [1.29, 1.82) is 0 Å². The van der Waals surface area contributed by atoms with E-state index in [0.717, 1.165) is 41.1 Å². The molecule has 1 aliphatic heterocycles. The molecule has 0 aliphatic carbocycles. The minimum atomic E-state index is -0.949. The van der Waals surface area contributed by atoms with Gasteiger partial charge in [-0.3, -0.25) is 9.69 Å². The molecule has 2 aromatic rings. The van der Waals surface area contributed by atoms with Crippen molar-refractivity contribution in [3.05, 3.63) is 63.0 Å². The molecule has 186 valence electrons. The van der Waals surface area contributed by atoms with Crippen LogP contribution in [0.2, 0.25) is 0 Å². The molecule has 1 unspecified atom stereocenters. The third-order valence-electron chi connectivity index (χ3n) is 5.25. The minimum absolute atomic E-state index is 0.202. The molecular weight excluding hydrogens is 550 g/mol. The van der Waals surface area contributed by atoms with E-state index >= 15 is 0 Å². The highest BCUT2D eigenvalue weighted by Crippen LogP contribution is 2.41. The van der Waals surface area contributed by atoms with E-state index in [4.69, 9.17) is 26.4 Å². The number of hydrogen-bond donors (Lipinski definition) is 0. The van der Waals surface area contributed by atoms with Crippen LogP contribution in [0.3, 0.4) is 0 Å². The Labute approximate surface area is 224 Å². The van der Waals surface area contributed by atoms with Crippen molar-refractivity contribution in [2.75, 3.05) is 20.3 Å². The quantitative estimate of drug-likeness (QED) is 0.130. The van der Waals surface area contributed by atoms with E-state index in [1.807, 2.05) is 30.3 Å². The summed E-state index contributed by atoms with van der Waals surface area (Å²) in [6.45, 7) is 4.67. The Balaban J connectivity index is 1.90. The van der Waals surface area contributed by atoms with Crippen LogP contribution in [0.4, 0.5) is 0 Å². The first-order chi connectivity index (χ1) is 16.9. The summed E-state index contributed by atoms with van der Waals surface area (Å²) < 4.78 is 17.8. The standard InChI is InChI=1S/C26H28BrNO5S2/c1-4-6-10-13-33-23-19(27)14-17(15-20(23)31-3)16-21-24(29)28(26(34)35-21)22(25(30)32-5-2)18-11-8-7-9-12-18/h7-9,11-12,14-16,22H,4-6,10,13H2,1-3H3/b21-16-. The van der Waals surface area contributed by atoms with Gasteiger partial charge in [-0.05, 0) is 58.6 Å². The maximum atomic E-state index is 13.4. The van der Waals surface area contributed by atoms with Gasteiger partial charge in [-0.2, -0.15) is 0 Å². The summed E-state index contributed by atoms with van der Waals surface area (Å²) in [5.74, 6) is 0.313. The van der Waals surface area contributed by atoms with Crippen LogP contribution in [0.15, 0.2) is 51.8 Å². The Bertz CT molecular complexity index is 1110. The second-order valence-electron chi connectivity index (χ2n) is 7.71. The lowest BCUT2D eigenvalue weighted by Gasteiger charge is -2.25. The number of thiocarbonyl (C=S) groups is 1. The predicted octanol–water partition coefficient (Wildman–Crippen LogP) is 6.53. The molecule has 1 heterocycles. The maximum absolute atomic E-state index is 13.4. The van der Waals surface area contributed by atoms with Crippen LogP contribution < -0.4 is 9.47 Å². The molecule has 1 atom stereocenters. The maximum Gasteiger partial charge on any atom is 0.333 e. The average Bonchev–Trinajstić information content (AvgIpc) is 3.11. The van der Waals surface area contributed by atoms with Crippen LogP contribution >= 0.6 is 39.9 Å².